The highest BCUT2D eigenvalue weighted by molar-refractivity contribution is 7.78. The van der Waals surface area contributed by atoms with Crippen molar-refractivity contribution in [3.05, 3.63) is 184 Å². The number of nitrogens with zero attached hydrogens (tertiary/aromatic N) is 11. The monoisotopic (exact) mass is 1610 g/mol. The summed E-state index contributed by atoms with van der Waals surface area (Å²) in [4.78, 5) is 107. The Hall–Kier alpha value is -12.5. The molecule has 0 unspecified atom stereocenters. The van der Waals surface area contributed by atoms with E-state index in [1.165, 1.54) is 123 Å². The number of aliphatic imine (C=N–C) groups is 1. The minimum atomic E-state index is -0.507. The molecule has 7 rings (SSSR count). The molecule has 0 spiro atoms. The lowest BCUT2D eigenvalue weighted by Gasteiger charge is -2.21. The summed E-state index contributed by atoms with van der Waals surface area (Å²) in [6.45, 7) is 16.1. The summed E-state index contributed by atoms with van der Waals surface area (Å²) in [5.74, 6) is 3.94. The van der Waals surface area contributed by atoms with Crippen LogP contribution in [0.5, 0.6) is 40.2 Å². The van der Waals surface area contributed by atoms with Gasteiger partial charge in [-0.1, -0.05) is 48.5 Å². The maximum Gasteiger partial charge on any atom is 0.271 e. The van der Waals surface area contributed by atoms with Gasteiger partial charge < -0.3 is 69.1 Å². The Labute approximate surface area is 668 Å². The Morgan fingerprint density at radius 1 is 0.407 bits per heavy atom. The molecule has 0 aliphatic heterocycles. The first kappa shape index (κ1) is 101. The van der Waals surface area contributed by atoms with Crippen LogP contribution >= 0.6 is 23.8 Å². The number of anilines is 7. The molecule has 4 N–H and O–H groups in total. The number of nitro groups is 5. The Bertz CT molecular complexity index is 4160. The highest BCUT2D eigenvalue weighted by atomic mass is 35.5. The fraction of sp³-hybridized carbons (Fsp3) is 0.390. The second-order valence-corrected chi connectivity index (χ2v) is 24.0. The number of benzene rings is 7. The number of carbonyl (C=O) groups is 4. The maximum absolute atomic E-state index is 11.6. The van der Waals surface area contributed by atoms with Crippen LogP contribution in [0.1, 0.15) is 99.0 Å². The Morgan fingerprint density at radius 2 is 0.699 bits per heavy atom. The van der Waals surface area contributed by atoms with Gasteiger partial charge >= 0.3 is 0 Å². The van der Waals surface area contributed by atoms with Gasteiger partial charge in [0.25, 0.3) is 28.4 Å². The number of hydrogen-bond acceptors (Lipinski definition) is 28. The lowest BCUT2D eigenvalue weighted by Crippen LogP contribution is -2.25. The molecule has 616 valence electrons. The molecule has 0 atom stereocenters. The van der Waals surface area contributed by atoms with Gasteiger partial charge in [0.15, 0.2) is 0 Å². The number of carbonyl (C=O) groups excluding carboxylic acids is 4. The second kappa shape index (κ2) is 54.2. The summed E-state index contributed by atoms with van der Waals surface area (Å²) in [5, 5.41) is 55.0. The lowest BCUT2D eigenvalue weighted by atomic mass is 10.1. The van der Waals surface area contributed by atoms with Crippen molar-refractivity contribution in [1.29, 1.82) is 0 Å². The molecule has 0 radical (unpaired) electrons. The number of Topliss-reactive ketones (excluding diaryl/α,β-unsaturated/α-hetero) is 1. The number of hydrogen-bond donors (Lipinski definition) is 2. The Morgan fingerprint density at radius 3 is 1.01 bits per heavy atom. The maximum atomic E-state index is 11.6. The summed E-state index contributed by atoms with van der Waals surface area (Å²) in [6, 6.07) is 32.6. The van der Waals surface area contributed by atoms with Crippen molar-refractivity contribution in [1.82, 2.24) is 0 Å². The van der Waals surface area contributed by atoms with Crippen LogP contribution < -0.4 is 69.1 Å². The highest BCUT2D eigenvalue weighted by Crippen LogP contribution is 2.36. The molecule has 0 bridgehead atoms. The molecule has 0 saturated carbocycles. The number of non-ortho nitro benzene ring substituents is 5. The van der Waals surface area contributed by atoms with E-state index in [1.54, 1.807) is 69.2 Å². The third kappa shape index (κ3) is 35.0. The first-order chi connectivity index (χ1) is 53.5. The van der Waals surface area contributed by atoms with Crippen LogP contribution in [0.15, 0.2) is 132 Å². The van der Waals surface area contributed by atoms with E-state index >= 15 is 0 Å². The minimum absolute atomic E-state index is 0.0267. The Kier molecular flexibility index (Phi) is 48.2. The van der Waals surface area contributed by atoms with E-state index in [0.29, 0.717) is 71.4 Å². The van der Waals surface area contributed by atoms with Crippen molar-refractivity contribution in [2.24, 2.45) is 4.99 Å². The minimum Gasteiger partial charge on any atom is -0.496 e. The first-order valence-electron chi connectivity index (χ1n) is 35.0. The molecular weight excluding hydrogens is 1510 g/mol. The zero-order valence-electron chi connectivity index (χ0n) is 67.3. The van der Waals surface area contributed by atoms with Crippen LogP contribution in [0.25, 0.3) is 0 Å². The average Bonchev–Trinajstić information content (AvgIpc) is 0.815. The molecule has 0 saturated heterocycles. The van der Waals surface area contributed by atoms with Crippen molar-refractivity contribution in [3.8, 4) is 40.2 Å². The van der Waals surface area contributed by atoms with E-state index in [2.05, 4.69) is 52.9 Å². The molecule has 2 amide bonds. The Balaban J connectivity index is 0.00000128. The number of amides is 2. The smallest absolute Gasteiger partial charge is 0.271 e. The topological polar surface area (TPSA) is 429 Å². The van der Waals surface area contributed by atoms with Crippen LogP contribution in [0, 0.1) is 50.6 Å². The predicted molar refractivity (Wildman–Crippen MR) is 446 cm³/mol. The first-order valence-corrected chi connectivity index (χ1v) is 35.7. The van der Waals surface area contributed by atoms with E-state index in [1.807, 2.05) is 62.4 Å². The molecule has 0 aliphatic carbocycles. The number of nitrogens with two attached hydrogens (primary N) is 2. The van der Waals surface area contributed by atoms with Crippen LogP contribution in [-0.4, -0.2) is 157 Å². The lowest BCUT2D eigenvalue weighted by molar-refractivity contribution is -0.385. The number of thiocarbonyl (C=S) groups is 1. The molecule has 0 fully saturated rings. The van der Waals surface area contributed by atoms with E-state index in [0.717, 1.165) is 78.8 Å². The van der Waals surface area contributed by atoms with Crippen LogP contribution in [0.2, 0.25) is 0 Å². The number of methoxy groups -OCH3 is 7. The van der Waals surface area contributed by atoms with Gasteiger partial charge in [0.05, 0.1) is 119 Å². The number of ether oxygens (including phenoxy) is 7. The van der Waals surface area contributed by atoms with Gasteiger partial charge in [0.2, 0.25) is 17.1 Å². The van der Waals surface area contributed by atoms with Crippen LogP contribution in [0.3, 0.4) is 0 Å². The molecule has 0 aliphatic rings. The number of isothiocyanates is 1. The zero-order chi connectivity index (χ0) is 86.2. The molecule has 7 aromatic carbocycles. The summed E-state index contributed by atoms with van der Waals surface area (Å²) in [7, 11) is 19.8. The molecule has 7 aromatic rings. The average molecular weight is 1620 g/mol. The number of rotatable bonds is 30. The molecule has 36 heteroatoms. The van der Waals surface area contributed by atoms with Gasteiger partial charge in [-0.25, -0.2) is 0 Å². The van der Waals surface area contributed by atoms with E-state index in [4.69, 9.17) is 56.2 Å². The van der Waals surface area contributed by atoms with E-state index in [9.17, 15) is 69.7 Å². The van der Waals surface area contributed by atoms with Gasteiger partial charge in [-0.2, -0.15) is 4.99 Å². The molecule has 34 nitrogen and oxygen atoms in total. The van der Waals surface area contributed by atoms with Gasteiger partial charge in [-0.15, -0.1) is 0 Å². The van der Waals surface area contributed by atoms with Crippen molar-refractivity contribution in [3.63, 3.8) is 0 Å². The molecule has 113 heavy (non-hydrogen) atoms. The zero-order valence-corrected chi connectivity index (χ0v) is 68.9. The summed E-state index contributed by atoms with van der Waals surface area (Å²) in [6.07, 6.45) is 4.82. The normalized spacial score (nSPS) is 9.66. The van der Waals surface area contributed by atoms with E-state index < -0.39 is 24.6 Å². The quantitative estimate of drug-likeness (QED) is 0.0105. The van der Waals surface area contributed by atoms with Gasteiger partial charge in [0.1, 0.15) is 46.0 Å². The number of nitro benzene ring substituents is 5. The van der Waals surface area contributed by atoms with Gasteiger partial charge in [-0.05, 0) is 110 Å². The summed E-state index contributed by atoms with van der Waals surface area (Å²) < 4.78 is 35.8. The fourth-order valence-electron chi connectivity index (χ4n) is 9.60. The summed E-state index contributed by atoms with van der Waals surface area (Å²) >= 11 is 9.42. The number of halogens is 1. The molecule has 0 aromatic heterocycles. The van der Waals surface area contributed by atoms with Crippen LogP contribution in [0.4, 0.5) is 73.9 Å². The third-order valence-electron chi connectivity index (χ3n) is 15.6. The predicted octanol–water partition coefficient (Wildman–Crippen LogP) is 16.3. The van der Waals surface area contributed by atoms with Crippen molar-refractivity contribution < 1.29 is 77.0 Å². The van der Waals surface area contributed by atoms with Gasteiger partial charge in [0, 0.05) is 159 Å². The number of ketones is 1. The highest BCUT2D eigenvalue weighted by Gasteiger charge is 2.21. The molecular formula is C77H104ClN13O21S. The molecule has 0 heterocycles. The van der Waals surface area contributed by atoms with Crippen molar-refractivity contribution >= 4 is 126 Å². The standard InChI is InChI=1S/C12H16N2OS.2C11H14N2O4.C11H16N2O3.C11H18N2O.C11H13NO4.C7H8N2O3.C3H5ClO/c1-4-7-14(2)11-8-10(13-9-16)5-6-12(11)15-3;2*1-4-11(14)12(2)9-7-8(13(15)16)5-6-10(9)17-3;1-4-7-12(2)10-8-9(13(14)15)5-6-11(10)16-3;1-4-7-13(2)10-8-9(12)5-6-11(10)14-3;1-3-10(13)7-8-6-9(12(14)15)4-5-11(8)16-2;1-12-7-3-2-5(9(10)11)4-6(7)8;1-2-3(4)5/h5-6,8H,4,7H2,1-3H3;2*5-7H,4H2,1-3H3;5-6,8H,4,7H2,1-3H3;5-6,8H,4,7,12H2,1-3H3;4-6H,3,7H2,1-2H3;2-4H,8H2,1H3;2H2,1H3. The SMILES string of the molecule is CCC(=O)Cc1cc([N+](=O)[O-])ccc1OC.CCC(=O)Cl.CCC(=O)N(C)c1cc([N+](=O)[O-])ccc1OC.CCC(=O)N(C)c1cc([N+](=O)[O-])ccc1OC.CCCN(C)c1cc(N)ccc1OC.CCCN(C)c1cc(N=C=S)ccc1OC.CCCN(C)c1cc([N+](=O)[O-])ccc1OC.COc1ccc([N+](=O)[O-])cc1N. The van der Waals surface area contributed by atoms with Crippen molar-refractivity contribution in [2.45, 2.75) is 99.8 Å². The summed E-state index contributed by atoms with van der Waals surface area (Å²) in [5.41, 5.74) is 17.1. The second-order valence-electron chi connectivity index (χ2n) is 23.4. The van der Waals surface area contributed by atoms with E-state index in [-0.39, 0.29) is 63.4 Å². The number of nitrogen functional groups attached to an aromatic ring is 2. The van der Waals surface area contributed by atoms with Gasteiger partial charge in [-0.3, -0.25) is 69.7 Å². The fourth-order valence-corrected chi connectivity index (χ4v) is 9.71. The largest absolute Gasteiger partial charge is 0.496 e. The van der Waals surface area contributed by atoms with Crippen LogP contribution in [-0.2, 0) is 25.6 Å². The third-order valence-corrected chi connectivity index (χ3v) is 16.0. The van der Waals surface area contributed by atoms with Crippen molar-refractivity contribution in [2.75, 3.05) is 141 Å².